The fourth-order valence-corrected chi connectivity index (χ4v) is 3.55. The number of anilines is 1. The number of hydrogen-bond acceptors (Lipinski definition) is 7. The van der Waals surface area contributed by atoms with E-state index in [1.165, 1.54) is 0 Å². The summed E-state index contributed by atoms with van der Waals surface area (Å²) in [6, 6.07) is 4.02. The molecule has 0 spiro atoms. The smallest absolute Gasteiger partial charge is 0.223 e. The topological polar surface area (TPSA) is 96.6 Å². The molecule has 8 heteroatoms. The van der Waals surface area contributed by atoms with Gasteiger partial charge >= 0.3 is 0 Å². The van der Waals surface area contributed by atoms with Gasteiger partial charge in [-0.2, -0.15) is 0 Å². The van der Waals surface area contributed by atoms with E-state index >= 15 is 0 Å². The van der Waals surface area contributed by atoms with Gasteiger partial charge < -0.3 is 20.5 Å². The van der Waals surface area contributed by atoms with Crippen LogP contribution in [0.3, 0.4) is 0 Å². The number of nitrogens with zero attached hydrogens (tertiary/aromatic N) is 4. The van der Waals surface area contributed by atoms with E-state index in [2.05, 4.69) is 25.6 Å². The number of pyridine rings is 1. The van der Waals surface area contributed by atoms with Crippen LogP contribution in [0.4, 0.5) is 5.95 Å². The highest BCUT2D eigenvalue weighted by Gasteiger charge is 2.23. The molecule has 0 bridgehead atoms. The van der Waals surface area contributed by atoms with E-state index < -0.39 is 5.60 Å². The van der Waals surface area contributed by atoms with E-state index in [-0.39, 0.29) is 0 Å². The first-order valence-corrected chi connectivity index (χ1v) is 9.54. The van der Waals surface area contributed by atoms with Crippen LogP contribution >= 0.6 is 0 Å². The van der Waals surface area contributed by atoms with E-state index in [4.69, 9.17) is 4.74 Å². The number of imidazole rings is 1. The highest BCUT2D eigenvalue weighted by atomic mass is 16.5. The van der Waals surface area contributed by atoms with Crippen LogP contribution in [0.1, 0.15) is 32.3 Å². The van der Waals surface area contributed by atoms with Crippen molar-refractivity contribution in [2.24, 2.45) is 0 Å². The number of ether oxygens (including phenoxy) is 1. The Labute approximate surface area is 164 Å². The van der Waals surface area contributed by atoms with Crippen molar-refractivity contribution in [1.82, 2.24) is 24.7 Å². The fourth-order valence-electron chi connectivity index (χ4n) is 3.55. The maximum absolute atomic E-state index is 10.5. The Balaban J connectivity index is 1.72. The van der Waals surface area contributed by atoms with Crippen LogP contribution in [0.2, 0.25) is 0 Å². The van der Waals surface area contributed by atoms with E-state index in [0.717, 1.165) is 43.0 Å². The van der Waals surface area contributed by atoms with Crippen molar-refractivity contribution in [2.75, 3.05) is 25.5 Å². The summed E-state index contributed by atoms with van der Waals surface area (Å²) in [4.78, 5) is 13.5. The lowest BCUT2D eigenvalue weighted by Crippen LogP contribution is -2.38. The number of piperidine rings is 1. The molecule has 1 saturated heterocycles. The van der Waals surface area contributed by atoms with Gasteiger partial charge in [-0.3, -0.25) is 4.40 Å². The molecular weight excluding hydrogens is 356 g/mol. The normalized spacial score (nSPS) is 17.6. The van der Waals surface area contributed by atoms with Gasteiger partial charge in [0.2, 0.25) is 5.95 Å². The van der Waals surface area contributed by atoms with Gasteiger partial charge in [0.15, 0.2) is 0 Å². The minimum absolute atomic E-state index is 0.331. The fraction of sp³-hybridized carbons (Fsp3) is 0.450. The molecule has 4 rings (SSSR count). The van der Waals surface area contributed by atoms with E-state index in [9.17, 15) is 5.11 Å². The van der Waals surface area contributed by atoms with Gasteiger partial charge in [0.05, 0.1) is 30.3 Å². The quantitative estimate of drug-likeness (QED) is 0.622. The van der Waals surface area contributed by atoms with Crippen LogP contribution in [0.15, 0.2) is 30.7 Å². The van der Waals surface area contributed by atoms with Crippen LogP contribution in [-0.2, 0) is 5.60 Å². The number of methoxy groups -OCH3 is 1. The Morgan fingerprint density at radius 1 is 1.36 bits per heavy atom. The molecule has 0 aliphatic carbocycles. The predicted octanol–water partition coefficient (Wildman–Crippen LogP) is 2.19. The molecule has 0 saturated carbocycles. The first kappa shape index (κ1) is 18.6. The van der Waals surface area contributed by atoms with Crippen molar-refractivity contribution in [3.05, 3.63) is 36.3 Å². The number of aromatic nitrogens is 4. The Hall–Kier alpha value is -2.71. The second kappa shape index (κ2) is 7.37. The Bertz CT molecular complexity index is 972. The summed E-state index contributed by atoms with van der Waals surface area (Å²) in [5, 5.41) is 17.3. The number of hydrogen-bond donors (Lipinski definition) is 3. The molecule has 3 aromatic heterocycles. The zero-order valence-corrected chi connectivity index (χ0v) is 16.4. The van der Waals surface area contributed by atoms with Gasteiger partial charge in [-0.15, -0.1) is 0 Å². The summed E-state index contributed by atoms with van der Waals surface area (Å²) in [5.41, 5.74) is 1.95. The van der Waals surface area contributed by atoms with Crippen molar-refractivity contribution < 1.29 is 9.84 Å². The molecule has 8 nitrogen and oxygen atoms in total. The highest BCUT2D eigenvalue weighted by Crippen LogP contribution is 2.32. The summed E-state index contributed by atoms with van der Waals surface area (Å²) < 4.78 is 7.36. The van der Waals surface area contributed by atoms with Crippen molar-refractivity contribution in [1.29, 1.82) is 0 Å². The first-order valence-electron chi connectivity index (χ1n) is 9.54. The Morgan fingerprint density at radius 2 is 2.21 bits per heavy atom. The number of aliphatic hydroxyl groups is 1. The molecule has 3 N–H and O–H groups in total. The average molecular weight is 382 g/mol. The SMILES string of the molecule is COc1cc2ncc(-c3ccnc(NC4CCCNC4)n3)n2cc1C(C)(C)O. The van der Waals surface area contributed by atoms with Gasteiger partial charge in [-0.05, 0) is 39.3 Å². The molecule has 148 valence electrons. The molecule has 1 aliphatic rings. The average Bonchev–Trinajstić information content (AvgIpc) is 3.10. The highest BCUT2D eigenvalue weighted by molar-refractivity contribution is 5.63. The Morgan fingerprint density at radius 3 is 2.93 bits per heavy atom. The standard InChI is InChI=1S/C20H26N6O2/c1-20(2,27)14-12-26-16(11-23-18(26)9-17(14)28-3)15-6-8-22-19(25-15)24-13-5-4-7-21-10-13/h6,8-9,11-13,21,27H,4-5,7,10H2,1-3H3,(H,22,24,25). The van der Waals surface area contributed by atoms with E-state index in [1.54, 1.807) is 33.4 Å². The van der Waals surface area contributed by atoms with Crippen LogP contribution in [0, 0.1) is 0 Å². The number of fused-ring (bicyclic) bond motifs is 1. The summed E-state index contributed by atoms with van der Waals surface area (Å²) in [6.45, 7) is 5.45. The third kappa shape index (κ3) is 3.65. The molecular formula is C20H26N6O2. The third-order valence-electron chi connectivity index (χ3n) is 5.04. The van der Waals surface area contributed by atoms with Gasteiger partial charge in [-0.25, -0.2) is 15.0 Å². The third-order valence-corrected chi connectivity index (χ3v) is 5.04. The van der Waals surface area contributed by atoms with Crippen LogP contribution in [0.5, 0.6) is 5.75 Å². The minimum atomic E-state index is -1.05. The first-order chi connectivity index (χ1) is 13.5. The second-order valence-electron chi connectivity index (χ2n) is 7.64. The molecule has 28 heavy (non-hydrogen) atoms. The molecule has 1 atom stereocenters. The van der Waals surface area contributed by atoms with Gasteiger partial charge in [0, 0.05) is 36.6 Å². The molecule has 0 aromatic carbocycles. The van der Waals surface area contributed by atoms with Crippen molar-refractivity contribution in [2.45, 2.75) is 38.3 Å². The molecule has 3 aromatic rings. The van der Waals surface area contributed by atoms with Crippen molar-refractivity contribution in [3.63, 3.8) is 0 Å². The van der Waals surface area contributed by atoms with Gasteiger partial charge in [-0.1, -0.05) is 0 Å². The maximum Gasteiger partial charge on any atom is 0.223 e. The lowest BCUT2D eigenvalue weighted by Gasteiger charge is -2.23. The van der Waals surface area contributed by atoms with Gasteiger partial charge in [0.25, 0.3) is 0 Å². The summed E-state index contributed by atoms with van der Waals surface area (Å²) >= 11 is 0. The zero-order chi connectivity index (χ0) is 19.7. The summed E-state index contributed by atoms with van der Waals surface area (Å²) in [7, 11) is 1.59. The molecule has 1 unspecified atom stereocenters. The molecule has 0 radical (unpaired) electrons. The second-order valence-corrected chi connectivity index (χ2v) is 7.64. The maximum atomic E-state index is 10.5. The van der Waals surface area contributed by atoms with Gasteiger partial charge in [0.1, 0.15) is 11.4 Å². The van der Waals surface area contributed by atoms with Crippen molar-refractivity contribution >= 4 is 11.6 Å². The molecule has 0 amide bonds. The Kier molecular flexibility index (Phi) is 4.91. The van der Waals surface area contributed by atoms with Crippen LogP contribution < -0.4 is 15.4 Å². The summed E-state index contributed by atoms with van der Waals surface area (Å²) in [5.74, 6) is 1.21. The largest absolute Gasteiger partial charge is 0.496 e. The number of rotatable bonds is 5. The lowest BCUT2D eigenvalue weighted by atomic mass is 9.99. The van der Waals surface area contributed by atoms with E-state index in [0.29, 0.717) is 23.3 Å². The van der Waals surface area contributed by atoms with Crippen LogP contribution in [0.25, 0.3) is 17.0 Å². The minimum Gasteiger partial charge on any atom is -0.496 e. The molecule has 1 aliphatic heterocycles. The molecule has 1 fully saturated rings. The summed E-state index contributed by atoms with van der Waals surface area (Å²) in [6.07, 6.45) is 7.63. The zero-order valence-electron chi connectivity index (χ0n) is 16.4. The molecule has 4 heterocycles. The van der Waals surface area contributed by atoms with Crippen molar-refractivity contribution in [3.8, 4) is 17.1 Å². The monoisotopic (exact) mass is 382 g/mol. The van der Waals surface area contributed by atoms with Crippen LogP contribution in [-0.4, -0.2) is 50.7 Å². The lowest BCUT2D eigenvalue weighted by molar-refractivity contribution is 0.0752. The van der Waals surface area contributed by atoms with E-state index in [1.807, 2.05) is 22.7 Å². The number of nitrogens with one attached hydrogen (secondary N) is 2. The predicted molar refractivity (Wildman–Crippen MR) is 108 cm³/mol.